The zero-order valence-electron chi connectivity index (χ0n) is 10.1. The van der Waals surface area contributed by atoms with E-state index in [9.17, 15) is 0 Å². The summed E-state index contributed by atoms with van der Waals surface area (Å²) in [6.45, 7) is 0.907. The molecule has 1 aromatic rings. The molecule has 1 nitrogen and oxygen atoms in total. The maximum absolute atomic E-state index is 6.13. The van der Waals surface area contributed by atoms with Crippen molar-refractivity contribution in [2.24, 2.45) is 0 Å². The largest absolute Gasteiger partial charge is 0.310 e. The lowest BCUT2D eigenvalue weighted by atomic mass is 10.1. The first kappa shape index (κ1) is 14.8. The quantitative estimate of drug-likeness (QED) is 0.796. The van der Waals surface area contributed by atoms with E-state index in [1.165, 1.54) is 44.1 Å². The number of hydrogen-bond acceptors (Lipinski definition) is 1. The van der Waals surface area contributed by atoms with E-state index in [1.807, 2.05) is 12.1 Å². The summed E-state index contributed by atoms with van der Waals surface area (Å²) < 4.78 is 0. The van der Waals surface area contributed by atoms with Crippen LogP contribution in [0.25, 0.3) is 0 Å². The number of nitrogens with one attached hydrogen (secondary N) is 1. The summed E-state index contributed by atoms with van der Waals surface area (Å²) >= 11 is 6.13. The Morgan fingerprint density at radius 3 is 2.35 bits per heavy atom. The summed E-state index contributed by atoms with van der Waals surface area (Å²) in [5.74, 6) is 0. The van der Waals surface area contributed by atoms with Gasteiger partial charge in [-0.05, 0) is 24.5 Å². The first-order valence-electron chi connectivity index (χ1n) is 6.33. The third-order valence-corrected chi connectivity index (χ3v) is 3.76. The summed E-state index contributed by atoms with van der Waals surface area (Å²) in [6.07, 6.45) is 8.21. The van der Waals surface area contributed by atoms with E-state index in [1.54, 1.807) is 0 Å². The Kier molecular flexibility index (Phi) is 6.94. The average molecular weight is 274 g/mol. The van der Waals surface area contributed by atoms with Crippen LogP contribution in [-0.4, -0.2) is 6.04 Å². The lowest BCUT2D eigenvalue weighted by Gasteiger charge is -2.16. The Morgan fingerprint density at radius 1 is 1.06 bits per heavy atom. The van der Waals surface area contributed by atoms with Gasteiger partial charge in [0.25, 0.3) is 0 Å². The second-order valence-corrected chi connectivity index (χ2v) is 5.07. The molecular weight excluding hydrogens is 253 g/mol. The Balaban J connectivity index is 0.00000144. The highest BCUT2D eigenvalue weighted by atomic mass is 35.5. The van der Waals surface area contributed by atoms with Gasteiger partial charge in [0.2, 0.25) is 0 Å². The van der Waals surface area contributed by atoms with Crippen LogP contribution in [0.5, 0.6) is 0 Å². The molecule has 0 amide bonds. The van der Waals surface area contributed by atoms with E-state index >= 15 is 0 Å². The third kappa shape index (κ3) is 4.87. The highest BCUT2D eigenvalue weighted by Gasteiger charge is 2.11. The molecule has 0 aliphatic heterocycles. The Morgan fingerprint density at radius 2 is 1.71 bits per heavy atom. The van der Waals surface area contributed by atoms with Crippen LogP contribution >= 0.6 is 24.0 Å². The van der Waals surface area contributed by atoms with Crippen molar-refractivity contribution in [1.29, 1.82) is 0 Å². The molecule has 0 saturated heterocycles. The summed E-state index contributed by atoms with van der Waals surface area (Å²) in [4.78, 5) is 0. The summed E-state index contributed by atoms with van der Waals surface area (Å²) in [6, 6.07) is 8.80. The number of hydrogen-bond donors (Lipinski definition) is 1. The maximum Gasteiger partial charge on any atom is 0.0450 e. The Bertz CT molecular complexity index is 320. The van der Waals surface area contributed by atoms with E-state index < -0.39 is 0 Å². The molecule has 3 heteroatoms. The molecule has 0 unspecified atom stereocenters. The molecule has 17 heavy (non-hydrogen) atoms. The van der Waals surface area contributed by atoms with Crippen molar-refractivity contribution >= 4 is 24.0 Å². The van der Waals surface area contributed by atoms with Gasteiger partial charge in [-0.25, -0.2) is 0 Å². The second kappa shape index (κ2) is 7.97. The van der Waals surface area contributed by atoms with Crippen molar-refractivity contribution in [1.82, 2.24) is 5.32 Å². The monoisotopic (exact) mass is 273 g/mol. The molecule has 0 atom stereocenters. The van der Waals surface area contributed by atoms with Crippen molar-refractivity contribution < 1.29 is 0 Å². The summed E-state index contributed by atoms with van der Waals surface area (Å²) in [5, 5.41) is 4.51. The Labute approximate surface area is 115 Å². The minimum Gasteiger partial charge on any atom is -0.310 e. The van der Waals surface area contributed by atoms with Gasteiger partial charge < -0.3 is 5.32 Å². The molecule has 1 fully saturated rings. The minimum absolute atomic E-state index is 0. The van der Waals surface area contributed by atoms with E-state index in [0.717, 1.165) is 11.6 Å². The van der Waals surface area contributed by atoms with Crippen molar-refractivity contribution in [3.05, 3.63) is 34.9 Å². The average Bonchev–Trinajstić information content (AvgIpc) is 2.56. The molecule has 0 bridgehead atoms. The van der Waals surface area contributed by atoms with Crippen LogP contribution in [0.3, 0.4) is 0 Å². The first-order valence-corrected chi connectivity index (χ1v) is 6.71. The molecule has 1 saturated carbocycles. The van der Waals surface area contributed by atoms with Crippen LogP contribution in [0.4, 0.5) is 0 Å². The van der Waals surface area contributed by atoms with Crippen molar-refractivity contribution in [2.75, 3.05) is 0 Å². The zero-order chi connectivity index (χ0) is 11.2. The van der Waals surface area contributed by atoms with Gasteiger partial charge in [-0.1, -0.05) is 55.5 Å². The normalized spacial score (nSPS) is 17.2. The molecule has 0 aromatic heterocycles. The summed E-state index contributed by atoms with van der Waals surface area (Å²) in [5.41, 5.74) is 1.22. The molecule has 1 aliphatic carbocycles. The van der Waals surface area contributed by atoms with Crippen molar-refractivity contribution in [3.63, 3.8) is 0 Å². The van der Waals surface area contributed by atoms with E-state index in [2.05, 4.69) is 17.4 Å². The van der Waals surface area contributed by atoms with Gasteiger partial charge in [0.1, 0.15) is 0 Å². The minimum atomic E-state index is 0. The van der Waals surface area contributed by atoms with Crippen molar-refractivity contribution in [2.45, 2.75) is 51.1 Å². The first-order chi connectivity index (χ1) is 7.86. The van der Waals surface area contributed by atoms with Gasteiger partial charge in [-0.15, -0.1) is 12.4 Å². The van der Waals surface area contributed by atoms with Crippen LogP contribution in [0.15, 0.2) is 24.3 Å². The van der Waals surface area contributed by atoms with Crippen LogP contribution in [0.1, 0.15) is 44.1 Å². The number of benzene rings is 1. The summed E-state index contributed by atoms with van der Waals surface area (Å²) in [7, 11) is 0. The topological polar surface area (TPSA) is 12.0 Å². The molecule has 0 heterocycles. The van der Waals surface area contributed by atoms with Gasteiger partial charge in [-0.3, -0.25) is 0 Å². The van der Waals surface area contributed by atoms with Crippen LogP contribution in [-0.2, 0) is 6.54 Å². The van der Waals surface area contributed by atoms with E-state index in [4.69, 9.17) is 11.6 Å². The maximum atomic E-state index is 6.13. The second-order valence-electron chi connectivity index (χ2n) is 4.66. The van der Waals surface area contributed by atoms with Crippen LogP contribution in [0, 0.1) is 0 Å². The fourth-order valence-electron chi connectivity index (χ4n) is 2.38. The predicted molar refractivity (Wildman–Crippen MR) is 77.0 cm³/mol. The fraction of sp³-hybridized carbons (Fsp3) is 0.571. The highest BCUT2D eigenvalue weighted by molar-refractivity contribution is 6.31. The van der Waals surface area contributed by atoms with Gasteiger partial charge in [-0.2, -0.15) is 0 Å². The lowest BCUT2D eigenvalue weighted by Crippen LogP contribution is -2.27. The predicted octanol–water partition coefficient (Wildman–Crippen LogP) is 4.57. The van der Waals surface area contributed by atoms with E-state index in [0.29, 0.717) is 6.04 Å². The molecule has 96 valence electrons. The fourth-order valence-corrected chi connectivity index (χ4v) is 2.58. The molecule has 1 N–H and O–H groups in total. The molecule has 1 aromatic carbocycles. The van der Waals surface area contributed by atoms with Gasteiger partial charge in [0.05, 0.1) is 0 Å². The van der Waals surface area contributed by atoms with Crippen LogP contribution < -0.4 is 5.32 Å². The Hall–Kier alpha value is -0.240. The highest BCUT2D eigenvalue weighted by Crippen LogP contribution is 2.19. The smallest absolute Gasteiger partial charge is 0.0450 e. The standard InChI is InChI=1S/C14H20ClN.ClH/c15-14-10-6-5-7-12(14)11-16-13-8-3-1-2-4-9-13;/h5-7,10,13,16H,1-4,8-9,11H2;1H. The zero-order valence-corrected chi connectivity index (χ0v) is 11.7. The molecule has 0 radical (unpaired) electrons. The van der Waals surface area contributed by atoms with Gasteiger partial charge in [0.15, 0.2) is 0 Å². The lowest BCUT2D eigenvalue weighted by molar-refractivity contribution is 0.459. The van der Waals surface area contributed by atoms with Gasteiger partial charge >= 0.3 is 0 Å². The SMILES string of the molecule is Cl.Clc1ccccc1CNC1CCCCCC1. The molecule has 1 aliphatic rings. The number of halogens is 2. The van der Waals surface area contributed by atoms with Gasteiger partial charge in [0, 0.05) is 17.6 Å². The molecule has 0 spiro atoms. The van der Waals surface area contributed by atoms with Crippen LogP contribution in [0.2, 0.25) is 5.02 Å². The number of rotatable bonds is 3. The molecular formula is C14H21Cl2N. The molecule has 2 rings (SSSR count). The third-order valence-electron chi connectivity index (χ3n) is 3.39. The van der Waals surface area contributed by atoms with Crippen molar-refractivity contribution in [3.8, 4) is 0 Å². The van der Waals surface area contributed by atoms with E-state index in [-0.39, 0.29) is 12.4 Å².